The first kappa shape index (κ1) is 28.1. The molecule has 1 aliphatic heterocycles. The zero-order valence-corrected chi connectivity index (χ0v) is 23.3. The van der Waals surface area contributed by atoms with Crippen molar-refractivity contribution < 1.29 is 18.7 Å². The highest BCUT2D eigenvalue weighted by Gasteiger charge is 2.31. The molecule has 7 nitrogen and oxygen atoms in total. The van der Waals surface area contributed by atoms with Crippen LogP contribution in [0.25, 0.3) is 10.9 Å². The van der Waals surface area contributed by atoms with Gasteiger partial charge in [-0.3, -0.25) is 14.8 Å². The third-order valence-corrected chi connectivity index (χ3v) is 7.71. The van der Waals surface area contributed by atoms with Crippen molar-refractivity contribution in [2.24, 2.45) is 0 Å². The number of rotatable bonds is 4. The fraction of sp³-hybridized carbons (Fsp3) is 0.429. The Kier molecular flexibility index (Phi) is 8.78. The average molecular weight is 559 g/mol. The largest absolute Gasteiger partial charge is 0.449 e. The number of pyridine rings is 2. The minimum absolute atomic E-state index is 0. The van der Waals surface area contributed by atoms with Gasteiger partial charge in [-0.05, 0) is 62.4 Å². The van der Waals surface area contributed by atoms with Crippen LogP contribution >= 0.6 is 25.1 Å². The molecule has 3 heterocycles. The quantitative estimate of drug-likeness (QED) is 0.422. The monoisotopic (exact) mass is 558 g/mol. The Bertz CT molecular complexity index is 1340. The zero-order chi connectivity index (χ0) is 26.1. The van der Waals surface area contributed by atoms with E-state index in [2.05, 4.69) is 4.98 Å². The summed E-state index contributed by atoms with van der Waals surface area (Å²) in [5, 5.41) is 1.50. The molecule has 3 aromatic rings. The zero-order valence-electron chi connectivity index (χ0n) is 21.5. The normalized spacial score (nSPS) is 19.1. The van der Waals surface area contributed by atoms with Crippen LogP contribution in [-0.4, -0.2) is 64.1 Å². The molecule has 1 aromatic carbocycles. The third-order valence-electron chi connectivity index (χ3n) is 7.28. The molecule has 1 fully saturated rings. The molecule has 0 N–H and O–H groups in total. The van der Waals surface area contributed by atoms with Crippen molar-refractivity contribution in [3.05, 3.63) is 69.9 Å². The van der Waals surface area contributed by atoms with Crippen LogP contribution in [0.2, 0.25) is 5.02 Å². The highest BCUT2D eigenvalue weighted by molar-refractivity contribution is 7.59. The molecule has 0 radical (unpaired) electrons. The molecule has 0 spiro atoms. The molecule has 2 atom stereocenters. The molecule has 2 amide bonds. The van der Waals surface area contributed by atoms with Crippen LogP contribution in [-0.2, 0) is 17.6 Å². The number of nitrogens with zero attached hydrogens (tertiary/aromatic N) is 4. The molecule has 0 bridgehead atoms. The van der Waals surface area contributed by atoms with Gasteiger partial charge >= 0.3 is 6.09 Å². The Hall–Kier alpha value is -2.91. The molecule has 38 heavy (non-hydrogen) atoms. The topological polar surface area (TPSA) is 75.6 Å². The van der Waals surface area contributed by atoms with Crippen molar-refractivity contribution in [2.45, 2.75) is 51.5 Å². The number of ether oxygens (including phenoxy) is 1. The minimum Gasteiger partial charge on any atom is -0.449 e. The van der Waals surface area contributed by atoms with E-state index in [4.69, 9.17) is 21.3 Å². The second kappa shape index (κ2) is 11.9. The van der Waals surface area contributed by atoms with Crippen LogP contribution in [0.4, 0.5) is 9.18 Å². The predicted octanol–water partition coefficient (Wildman–Crippen LogP) is 5.50. The molecule has 1 unspecified atom stereocenters. The fourth-order valence-electron chi connectivity index (χ4n) is 5.27. The Morgan fingerprint density at radius 1 is 1.21 bits per heavy atom. The highest BCUT2D eigenvalue weighted by Crippen LogP contribution is 2.38. The van der Waals surface area contributed by atoms with E-state index >= 15 is 0 Å². The number of aromatic nitrogens is 2. The Morgan fingerprint density at radius 2 is 2.03 bits per heavy atom. The maximum Gasteiger partial charge on any atom is 0.409 e. The number of hydrogen-bond acceptors (Lipinski definition) is 5. The smallest absolute Gasteiger partial charge is 0.409 e. The van der Waals surface area contributed by atoms with Gasteiger partial charge in [-0.2, -0.15) is 13.5 Å². The Balaban J connectivity index is 0.00000336. The summed E-state index contributed by atoms with van der Waals surface area (Å²) < 4.78 is 18.6. The minimum atomic E-state index is -0.350. The lowest BCUT2D eigenvalue weighted by atomic mass is 9.84. The number of halogens is 2. The van der Waals surface area contributed by atoms with Gasteiger partial charge in [0, 0.05) is 53.9 Å². The van der Waals surface area contributed by atoms with E-state index in [9.17, 15) is 14.0 Å². The first-order valence-electron chi connectivity index (χ1n) is 12.8. The molecule has 0 saturated carbocycles. The molecule has 202 valence electrons. The number of piperazine rings is 1. The number of amides is 2. The van der Waals surface area contributed by atoms with Gasteiger partial charge in [0.25, 0.3) is 5.91 Å². The van der Waals surface area contributed by atoms with E-state index in [1.165, 1.54) is 12.3 Å². The lowest BCUT2D eigenvalue weighted by molar-refractivity contribution is 0.0414. The molecule has 2 aromatic heterocycles. The van der Waals surface area contributed by atoms with Crippen molar-refractivity contribution in [1.29, 1.82) is 0 Å². The number of carbonyl (C=O) groups excluding carboxylic acids is 2. The lowest BCUT2D eigenvalue weighted by Gasteiger charge is -2.39. The van der Waals surface area contributed by atoms with E-state index in [1.54, 1.807) is 28.0 Å². The summed E-state index contributed by atoms with van der Waals surface area (Å²) in [6, 6.07) is 8.50. The molecular weight excluding hydrogens is 527 g/mol. The van der Waals surface area contributed by atoms with Gasteiger partial charge in [-0.1, -0.05) is 24.6 Å². The van der Waals surface area contributed by atoms with Crippen LogP contribution in [0.1, 0.15) is 59.9 Å². The second-order valence-electron chi connectivity index (χ2n) is 9.83. The lowest BCUT2D eigenvalue weighted by Crippen LogP contribution is -2.55. The predicted molar refractivity (Wildman–Crippen MR) is 150 cm³/mol. The van der Waals surface area contributed by atoms with Gasteiger partial charge in [-0.25, -0.2) is 9.18 Å². The van der Waals surface area contributed by atoms with Gasteiger partial charge in [0.05, 0.1) is 23.3 Å². The van der Waals surface area contributed by atoms with Gasteiger partial charge < -0.3 is 14.5 Å². The summed E-state index contributed by atoms with van der Waals surface area (Å²) in [4.78, 5) is 38.3. The summed E-state index contributed by atoms with van der Waals surface area (Å²) in [5.41, 5.74) is 4.00. The molecule has 1 aliphatic carbocycles. The summed E-state index contributed by atoms with van der Waals surface area (Å²) in [6.07, 6.45) is 3.99. The molecule has 1 saturated heterocycles. The fourth-order valence-corrected chi connectivity index (χ4v) is 5.64. The van der Waals surface area contributed by atoms with Crippen molar-refractivity contribution in [3.63, 3.8) is 0 Å². The van der Waals surface area contributed by atoms with Gasteiger partial charge in [-0.15, -0.1) is 0 Å². The van der Waals surface area contributed by atoms with E-state index in [0.717, 1.165) is 41.6 Å². The van der Waals surface area contributed by atoms with Crippen molar-refractivity contribution in [1.82, 2.24) is 19.8 Å². The molecule has 10 heteroatoms. The maximum absolute atomic E-state index is 13.4. The first-order valence-corrected chi connectivity index (χ1v) is 13.2. The van der Waals surface area contributed by atoms with Crippen LogP contribution in [0.15, 0.2) is 36.5 Å². The maximum atomic E-state index is 13.4. The average Bonchev–Trinajstić information content (AvgIpc) is 2.91. The van der Waals surface area contributed by atoms with Crippen molar-refractivity contribution >= 4 is 48.0 Å². The second-order valence-corrected chi connectivity index (χ2v) is 10.2. The number of carbonyl (C=O) groups is 2. The summed E-state index contributed by atoms with van der Waals surface area (Å²) in [5.74, 6) is -0.309. The summed E-state index contributed by atoms with van der Waals surface area (Å²) in [6.45, 7) is 5.58. The molecule has 2 aliphatic rings. The number of hydrogen-bond donors (Lipinski definition) is 0. The number of benzene rings is 1. The van der Waals surface area contributed by atoms with E-state index in [-0.39, 0.29) is 43.3 Å². The Morgan fingerprint density at radius 3 is 2.74 bits per heavy atom. The van der Waals surface area contributed by atoms with E-state index in [0.29, 0.717) is 48.8 Å². The highest BCUT2D eigenvalue weighted by atomic mass is 35.5. The van der Waals surface area contributed by atoms with Crippen LogP contribution < -0.4 is 0 Å². The molecule has 5 rings (SSSR count). The van der Waals surface area contributed by atoms with Crippen LogP contribution in [0, 0.1) is 5.82 Å². The first-order chi connectivity index (χ1) is 17.9. The van der Waals surface area contributed by atoms with Crippen molar-refractivity contribution in [2.75, 3.05) is 26.2 Å². The van der Waals surface area contributed by atoms with Gasteiger partial charge in [0.15, 0.2) is 0 Å². The van der Waals surface area contributed by atoms with Gasteiger partial charge in [0.2, 0.25) is 0 Å². The third kappa shape index (κ3) is 5.59. The standard InChI is InChI=1S/C28H30ClFN4O3.H2S/c1-3-12-37-28(36)33-10-11-34(17(2)16-33)27(35)19-5-8-22-25(14-19)32-24-13-18(4-7-21(24)26(22)29)23-9-6-20(30)15-31-23;/h5-6,8-9,14-15,17-18H,3-4,7,10-13,16H2,1-2H3;1H2/t17-,18?;/m0./s1. The summed E-state index contributed by atoms with van der Waals surface area (Å²) in [7, 11) is 0. The Labute approximate surface area is 233 Å². The molecular formula is C28H32ClFN4O3S. The van der Waals surface area contributed by atoms with E-state index < -0.39 is 0 Å². The van der Waals surface area contributed by atoms with Crippen LogP contribution in [0.5, 0.6) is 0 Å². The SMILES string of the molecule is CCCOC(=O)N1CCN(C(=O)c2ccc3c(Cl)c4c(nc3c2)CC(c2ccc(F)cn2)CC4)[C@@H](C)C1.S. The van der Waals surface area contributed by atoms with E-state index in [1.807, 2.05) is 19.9 Å². The summed E-state index contributed by atoms with van der Waals surface area (Å²) >= 11 is 6.81. The van der Waals surface area contributed by atoms with Gasteiger partial charge in [0.1, 0.15) is 5.82 Å². The number of fused-ring (bicyclic) bond motifs is 2. The van der Waals surface area contributed by atoms with Crippen LogP contribution in [0.3, 0.4) is 0 Å². The van der Waals surface area contributed by atoms with Crippen molar-refractivity contribution in [3.8, 4) is 0 Å².